The zero-order valence-corrected chi connectivity index (χ0v) is 20.0. The zero-order chi connectivity index (χ0) is 23.7. The molecule has 0 saturated carbocycles. The molecule has 1 aromatic carbocycles. The largest absolute Gasteiger partial charge is 0.348 e. The number of sulfonamides is 1. The summed E-state index contributed by atoms with van der Waals surface area (Å²) in [7, 11) is -3.54. The lowest BCUT2D eigenvalue weighted by molar-refractivity contribution is 0.0949. The maximum absolute atomic E-state index is 13.0. The number of aromatic amines is 1. The lowest BCUT2D eigenvalue weighted by Crippen LogP contribution is -2.45. The third-order valence-electron chi connectivity index (χ3n) is 5.99. The van der Waals surface area contributed by atoms with Crippen LogP contribution < -0.4 is 16.2 Å². The van der Waals surface area contributed by atoms with Crippen LogP contribution in [0.25, 0.3) is 0 Å². The molecular weight excluding hydrogens is 440 g/mol. The van der Waals surface area contributed by atoms with Crippen molar-refractivity contribution in [2.75, 3.05) is 19.6 Å². The summed E-state index contributed by atoms with van der Waals surface area (Å²) in [6.45, 7) is 4.41. The molecular formula is C24H34N4O4S. The number of rotatable bonds is 11. The van der Waals surface area contributed by atoms with E-state index in [0.29, 0.717) is 19.1 Å². The third kappa shape index (κ3) is 6.99. The van der Waals surface area contributed by atoms with Crippen molar-refractivity contribution in [2.24, 2.45) is 0 Å². The highest BCUT2D eigenvalue weighted by Gasteiger charge is 2.29. The second kappa shape index (κ2) is 12.1. The highest BCUT2D eigenvalue weighted by molar-refractivity contribution is 7.89. The van der Waals surface area contributed by atoms with Gasteiger partial charge in [-0.25, -0.2) is 8.42 Å². The first-order valence-corrected chi connectivity index (χ1v) is 13.1. The first-order chi connectivity index (χ1) is 15.9. The van der Waals surface area contributed by atoms with Gasteiger partial charge in [0.2, 0.25) is 10.0 Å². The normalized spacial score (nSPS) is 15.4. The number of pyridine rings is 1. The molecule has 0 radical (unpaired) electrons. The maximum Gasteiger partial charge on any atom is 0.260 e. The maximum atomic E-state index is 13.0. The number of benzene rings is 1. The van der Waals surface area contributed by atoms with Gasteiger partial charge < -0.3 is 15.6 Å². The Labute approximate surface area is 195 Å². The molecule has 3 rings (SSSR count). The SMILES string of the molecule is CCCCCCNC1CCN(S(=O)(=O)c2ccc(CNC(=O)c3ccc[nH]c3=O)cc2)CC1. The Kier molecular flexibility index (Phi) is 9.22. The number of nitrogens with zero attached hydrogens (tertiary/aromatic N) is 1. The predicted molar refractivity (Wildman–Crippen MR) is 129 cm³/mol. The second-order valence-corrected chi connectivity index (χ2v) is 10.4. The smallest absolute Gasteiger partial charge is 0.260 e. The number of H-pyrrole nitrogens is 1. The van der Waals surface area contributed by atoms with Crippen molar-refractivity contribution in [3.8, 4) is 0 Å². The summed E-state index contributed by atoms with van der Waals surface area (Å²) in [6, 6.07) is 9.94. The van der Waals surface area contributed by atoms with Gasteiger partial charge in [0.1, 0.15) is 5.56 Å². The number of carbonyl (C=O) groups excluding carboxylic acids is 1. The molecule has 1 aliphatic rings. The first-order valence-electron chi connectivity index (χ1n) is 11.7. The van der Waals surface area contributed by atoms with E-state index in [1.54, 1.807) is 34.6 Å². The number of unbranched alkanes of at least 4 members (excludes halogenated alkanes) is 3. The van der Waals surface area contributed by atoms with Crippen LogP contribution in [0.3, 0.4) is 0 Å². The van der Waals surface area contributed by atoms with Gasteiger partial charge in [0, 0.05) is 31.9 Å². The van der Waals surface area contributed by atoms with Crippen molar-refractivity contribution in [1.29, 1.82) is 0 Å². The molecule has 2 aromatic rings. The van der Waals surface area contributed by atoms with Gasteiger partial charge >= 0.3 is 0 Å². The molecule has 180 valence electrons. The Bertz CT molecular complexity index is 1060. The van der Waals surface area contributed by atoms with E-state index in [4.69, 9.17) is 0 Å². The number of amides is 1. The molecule has 1 aromatic heterocycles. The molecule has 9 heteroatoms. The molecule has 8 nitrogen and oxygen atoms in total. The summed E-state index contributed by atoms with van der Waals surface area (Å²) >= 11 is 0. The fourth-order valence-electron chi connectivity index (χ4n) is 3.96. The van der Waals surface area contributed by atoms with E-state index < -0.39 is 21.5 Å². The molecule has 1 saturated heterocycles. The minimum absolute atomic E-state index is 0.0375. The fourth-order valence-corrected chi connectivity index (χ4v) is 5.43. The average Bonchev–Trinajstić information content (AvgIpc) is 2.83. The van der Waals surface area contributed by atoms with Crippen molar-refractivity contribution in [3.05, 3.63) is 64.1 Å². The monoisotopic (exact) mass is 474 g/mol. The van der Waals surface area contributed by atoms with Crippen molar-refractivity contribution in [2.45, 2.75) is 62.9 Å². The van der Waals surface area contributed by atoms with Gasteiger partial charge in [-0.15, -0.1) is 0 Å². The standard InChI is InChI=1S/C24H34N4O4S/c1-2-3-4-5-14-25-20-12-16-28(17-13-20)33(31,32)21-10-8-19(9-11-21)18-27-24(30)22-7-6-15-26-23(22)29/h6-11,15,20,25H,2-5,12-14,16-18H2,1H3,(H,26,29)(H,27,30). The molecule has 33 heavy (non-hydrogen) atoms. The number of piperidine rings is 1. The van der Waals surface area contributed by atoms with E-state index in [1.165, 1.54) is 37.9 Å². The summed E-state index contributed by atoms with van der Waals surface area (Å²) in [5, 5.41) is 6.25. The predicted octanol–water partition coefficient (Wildman–Crippen LogP) is 2.63. The fraction of sp³-hybridized carbons (Fsp3) is 0.500. The molecule has 0 unspecified atom stereocenters. The molecule has 2 heterocycles. The molecule has 1 amide bonds. The molecule has 1 aliphatic heterocycles. The summed E-state index contributed by atoms with van der Waals surface area (Å²) in [4.78, 5) is 26.6. The number of aromatic nitrogens is 1. The van der Waals surface area contributed by atoms with Gasteiger partial charge in [0.25, 0.3) is 11.5 Å². The highest BCUT2D eigenvalue weighted by atomic mass is 32.2. The van der Waals surface area contributed by atoms with E-state index in [0.717, 1.165) is 24.9 Å². The summed E-state index contributed by atoms with van der Waals surface area (Å²) in [5.41, 5.74) is 0.336. The van der Waals surface area contributed by atoms with Gasteiger partial charge in [-0.1, -0.05) is 38.3 Å². The Morgan fingerprint density at radius 1 is 1.09 bits per heavy atom. The van der Waals surface area contributed by atoms with E-state index in [2.05, 4.69) is 22.5 Å². The van der Waals surface area contributed by atoms with Gasteiger partial charge in [0.05, 0.1) is 4.90 Å². The Morgan fingerprint density at radius 3 is 2.48 bits per heavy atom. The van der Waals surface area contributed by atoms with E-state index in [9.17, 15) is 18.0 Å². The summed E-state index contributed by atoms with van der Waals surface area (Å²) < 4.78 is 27.6. The number of nitrogens with one attached hydrogen (secondary N) is 3. The molecule has 0 bridgehead atoms. The van der Waals surface area contributed by atoms with Crippen LogP contribution in [0.1, 0.15) is 61.4 Å². The third-order valence-corrected chi connectivity index (χ3v) is 7.91. The quantitative estimate of drug-likeness (QED) is 0.434. The Balaban J connectivity index is 1.49. The Morgan fingerprint density at radius 2 is 1.82 bits per heavy atom. The van der Waals surface area contributed by atoms with Crippen molar-refractivity contribution < 1.29 is 13.2 Å². The summed E-state index contributed by atoms with van der Waals surface area (Å²) in [5.74, 6) is -0.476. The van der Waals surface area contributed by atoms with Crippen molar-refractivity contribution in [3.63, 3.8) is 0 Å². The lowest BCUT2D eigenvalue weighted by atomic mass is 10.1. The minimum atomic E-state index is -3.54. The second-order valence-electron chi connectivity index (χ2n) is 8.43. The molecule has 0 atom stereocenters. The number of carbonyl (C=O) groups is 1. The van der Waals surface area contributed by atoms with Crippen LogP contribution in [0.15, 0.2) is 52.3 Å². The van der Waals surface area contributed by atoms with Gasteiger partial charge in [-0.3, -0.25) is 9.59 Å². The van der Waals surface area contributed by atoms with E-state index in [-0.39, 0.29) is 17.0 Å². The van der Waals surface area contributed by atoms with Crippen LogP contribution >= 0.6 is 0 Å². The molecule has 3 N–H and O–H groups in total. The van der Waals surface area contributed by atoms with Crippen LogP contribution in [-0.2, 0) is 16.6 Å². The van der Waals surface area contributed by atoms with Crippen molar-refractivity contribution in [1.82, 2.24) is 19.9 Å². The van der Waals surface area contributed by atoms with Crippen LogP contribution in [0.5, 0.6) is 0 Å². The topological polar surface area (TPSA) is 111 Å². The van der Waals surface area contributed by atoms with Crippen LogP contribution in [0, 0.1) is 0 Å². The minimum Gasteiger partial charge on any atom is -0.348 e. The highest BCUT2D eigenvalue weighted by Crippen LogP contribution is 2.21. The molecule has 0 aliphatic carbocycles. The van der Waals surface area contributed by atoms with Gasteiger partial charge in [-0.05, 0) is 55.6 Å². The van der Waals surface area contributed by atoms with Crippen LogP contribution in [0.2, 0.25) is 0 Å². The van der Waals surface area contributed by atoms with E-state index >= 15 is 0 Å². The molecule has 1 fully saturated rings. The zero-order valence-electron chi connectivity index (χ0n) is 19.2. The van der Waals surface area contributed by atoms with Crippen LogP contribution in [-0.4, -0.2) is 49.3 Å². The van der Waals surface area contributed by atoms with Crippen LogP contribution in [0.4, 0.5) is 0 Å². The number of hydrogen-bond donors (Lipinski definition) is 3. The first kappa shape index (κ1) is 25.1. The average molecular weight is 475 g/mol. The molecule has 0 spiro atoms. The van der Waals surface area contributed by atoms with E-state index in [1.807, 2.05) is 0 Å². The lowest BCUT2D eigenvalue weighted by Gasteiger charge is -2.31. The Hall–Kier alpha value is -2.49. The van der Waals surface area contributed by atoms with Crippen molar-refractivity contribution >= 4 is 15.9 Å². The van der Waals surface area contributed by atoms with Gasteiger partial charge in [0.15, 0.2) is 0 Å². The summed E-state index contributed by atoms with van der Waals surface area (Å²) in [6.07, 6.45) is 7.98. The van der Waals surface area contributed by atoms with Gasteiger partial charge in [-0.2, -0.15) is 4.31 Å². The number of hydrogen-bond acceptors (Lipinski definition) is 5.